The third-order valence-electron chi connectivity index (χ3n) is 5.44. The van der Waals surface area contributed by atoms with E-state index in [1.807, 2.05) is 36.4 Å². The van der Waals surface area contributed by atoms with Crippen molar-refractivity contribution in [1.29, 1.82) is 0 Å². The number of ether oxygens (including phenoxy) is 1. The van der Waals surface area contributed by atoms with Gasteiger partial charge in [0.15, 0.2) is 0 Å². The molecular weight excluding hydrogens is 332 g/mol. The molecule has 5 rings (SSSR count). The fraction of sp³-hybridized carbons (Fsp3) is 0.0800. The largest absolute Gasteiger partial charge is 0.453 e. The second-order valence-electron chi connectivity index (χ2n) is 7.00. The third kappa shape index (κ3) is 2.53. The fourth-order valence-electron chi connectivity index (χ4n) is 4.09. The summed E-state index contributed by atoms with van der Waals surface area (Å²) in [6.45, 7) is 4.05. The van der Waals surface area contributed by atoms with Crippen molar-refractivity contribution in [3.63, 3.8) is 0 Å². The van der Waals surface area contributed by atoms with Crippen molar-refractivity contribution < 1.29 is 9.53 Å². The summed E-state index contributed by atoms with van der Waals surface area (Å²) in [6.07, 6.45) is -0.364. The van der Waals surface area contributed by atoms with E-state index in [9.17, 15) is 4.79 Å². The van der Waals surface area contributed by atoms with Gasteiger partial charge in [-0.05, 0) is 27.1 Å². The Balaban J connectivity index is 1.68. The Bertz CT molecular complexity index is 1200. The van der Waals surface area contributed by atoms with Crippen LogP contribution in [0.4, 0.5) is 0 Å². The van der Waals surface area contributed by atoms with Crippen molar-refractivity contribution >= 4 is 27.5 Å². The van der Waals surface area contributed by atoms with Gasteiger partial charge >= 0.3 is 5.97 Å². The quantitative estimate of drug-likeness (QED) is 0.331. The van der Waals surface area contributed by atoms with Gasteiger partial charge in [-0.3, -0.25) is 0 Å². The predicted octanol–water partition coefficient (Wildman–Crippen LogP) is 5.93. The van der Waals surface area contributed by atoms with Crippen LogP contribution in [0, 0.1) is 0 Å². The molecule has 0 saturated carbocycles. The lowest BCUT2D eigenvalue weighted by Gasteiger charge is -2.20. The number of hydrogen-bond donors (Lipinski definition) is 0. The average Bonchev–Trinajstić information content (AvgIpc) is 3.01. The van der Waals surface area contributed by atoms with E-state index in [4.69, 9.17) is 4.74 Å². The summed E-state index contributed by atoms with van der Waals surface area (Å²) >= 11 is 0. The number of carbonyl (C=O) groups excluding carboxylic acids is 1. The minimum absolute atomic E-state index is 0.187. The predicted molar refractivity (Wildman–Crippen MR) is 109 cm³/mol. The van der Waals surface area contributed by atoms with Gasteiger partial charge in [0.1, 0.15) is 6.10 Å². The van der Waals surface area contributed by atoms with Crippen LogP contribution in [0.25, 0.3) is 21.5 Å². The summed E-state index contributed by atoms with van der Waals surface area (Å²) < 4.78 is 5.81. The lowest BCUT2D eigenvalue weighted by atomic mass is 9.84. The molecule has 0 aliphatic carbocycles. The van der Waals surface area contributed by atoms with Crippen LogP contribution in [0.1, 0.15) is 23.1 Å². The Kier molecular flexibility index (Phi) is 3.58. The maximum absolute atomic E-state index is 12.4. The lowest BCUT2D eigenvalue weighted by Crippen LogP contribution is -2.07. The topological polar surface area (TPSA) is 26.3 Å². The molecule has 27 heavy (non-hydrogen) atoms. The molecule has 0 aromatic heterocycles. The highest BCUT2D eigenvalue weighted by Crippen LogP contribution is 2.47. The van der Waals surface area contributed by atoms with Crippen molar-refractivity contribution in [3.05, 3.63) is 108 Å². The van der Waals surface area contributed by atoms with Crippen LogP contribution in [0.3, 0.4) is 0 Å². The first-order valence-corrected chi connectivity index (χ1v) is 9.08. The van der Waals surface area contributed by atoms with E-state index >= 15 is 0 Å². The van der Waals surface area contributed by atoms with Gasteiger partial charge in [-0.25, -0.2) is 4.79 Å². The molecule has 0 amide bonds. The number of esters is 1. The summed E-state index contributed by atoms with van der Waals surface area (Å²) in [5.41, 5.74) is 2.60. The number of carbonyl (C=O) groups is 1. The van der Waals surface area contributed by atoms with Gasteiger partial charge in [-0.2, -0.15) is 0 Å². The van der Waals surface area contributed by atoms with Gasteiger partial charge < -0.3 is 4.74 Å². The number of fused-ring (bicyclic) bond motifs is 2. The van der Waals surface area contributed by atoms with E-state index in [1.165, 1.54) is 5.39 Å². The van der Waals surface area contributed by atoms with Gasteiger partial charge in [0.25, 0.3) is 0 Å². The van der Waals surface area contributed by atoms with Crippen molar-refractivity contribution in [3.8, 4) is 0 Å². The highest BCUT2D eigenvalue weighted by molar-refractivity contribution is 5.95. The molecule has 130 valence electrons. The Hall–Kier alpha value is -3.39. The van der Waals surface area contributed by atoms with E-state index in [-0.39, 0.29) is 18.0 Å². The number of cyclic esters (lactones) is 1. The van der Waals surface area contributed by atoms with Crippen molar-refractivity contribution in [1.82, 2.24) is 0 Å². The highest BCUT2D eigenvalue weighted by atomic mass is 16.6. The van der Waals surface area contributed by atoms with E-state index < -0.39 is 0 Å². The highest BCUT2D eigenvalue weighted by Gasteiger charge is 2.41. The summed E-state index contributed by atoms with van der Waals surface area (Å²) in [5.74, 6) is -0.501. The van der Waals surface area contributed by atoms with Crippen LogP contribution in [0.15, 0.2) is 97.1 Å². The standard InChI is InChI=1S/C25H18O2/c1-16-23(20-14-13-17-7-2-3-9-19(17)15-20)24(27-25(16)26)22-12-6-10-18-8-4-5-11-21(18)22/h2-15,23-24H,1H2/t23-,24+/m0/s1. The third-order valence-corrected chi connectivity index (χ3v) is 5.44. The molecule has 0 bridgehead atoms. The molecule has 2 heteroatoms. The van der Waals surface area contributed by atoms with Gasteiger partial charge in [0, 0.05) is 11.1 Å². The molecule has 2 atom stereocenters. The van der Waals surface area contributed by atoms with Crippen LogP contribution in [0.2, 0.25) is 0 Å². The summed E-state index contributed by atoms with van der Waals surface area (Å²) in [5, 5.41) is 4.58. The SMILES string of the molecule is C=C1C(=O)O[C@H](c2cccc3ccccc23)[C@@H]1c1ccc2ccccc2c1. The minimum atomic E-state index is -0.364. The van der Waals surface area contributed by atoms with Crippen LogP contribution in [0.5, 0.6) is 0 Å². The lowest BCUT2D eigenvalue weighted by molar-refractivity contribution is -0.139. The van der Waals surface area contributed by atoms with Gasteiger partial charge in [-0.15, -0.1) is 0 Å². The Labute approximate surface area is 157 Å². The second kappa shape index (κ2) is 6.10. The van der Waals surface area contributed by atoms with Gasteiger partial charge in [0.05, 0.1) is 5.92 Å². The molecule has 0 spiro atoms. The summed E-state index contributed by atoms with van der Waals surface area (Å²) in [7, 11) is 0. The summed E-state index contributed by atoms with van der Waals surface area (Å²) in [6, 6.07) is 28.9. The number of rotatable bonds is 2. The first-order valence-electron chi connectivity index (χ1n) is 9.08. The van der Waals surface area contributed by atoms with E-state index in [0.29, 0.717) is 5.57 Å². The van der Waals surface area contributed by atoms with Crippen LogP contribution in [-0.2, 0) is 9.53 Å². The van der Waals surface area contributed by atoms with Crippen LogP contribution >= 0.6 is 0 Å². The number of hydrogen-bond acceptors (Lipinski definition) is 2. The van der Waals surface area contributed by atoms with Crippen LogP contribution < -0.4 is 0 Å². The minimum Gasteiger partial charge on any atom is -0.453 e. The first kappa shape index (κ1) is 15.8. The average molecular weight is 350 g/mol. The molecule has 1 aliphatic rings. The monoisotopic (exact) mass is 350 g/mol. The molecule has 1 heterocycles. The smallest absolute Gasteiger partial charge is 0.334 e. The molecule has 0 radical (unpaired) electrons. The molecule has 1 saturated heterocycles. The maximum atomic E-state index is 12.4. The van der Waals surface area contributed by atoms with Gasteiger partial charge in [0.2, 0.25) is 0 Å². The van der Waals surface area contributed by atoms with Crippen LogP contribution in [-0.4, -0.2) is 5.97 Å². The van der Waals surface area contributed by atoms with Crippen molar-refractivity contribution in [2.75, 3.05) is 0 Å². The number of benzene rings is 4. The molecule has 2 nitrogen and oxygen atoms in total. The van der Waals surface area contributed by atoms with E-state index in [1.54, 1.807) is 0 Å². The molecular formula is C25H18O2. The molecule has 1 fully saturated rings. The molecule has 0 unspecified atom stereocenters. The van der Waals surface area contributed by atoms with Gasteiger partial charge in [-0.1, -0.05) is 91.5 Å². The molecule has 0 N–H and O–H groups in total. The Morgan fingerprint density at radius 2 is 1.44 bits per heavy atom. The van der Waals surface area contributed by atoms with Crippen molar-refractivity contribution in [2.45, 2.75) is 12.0 Å². The molecule has 4 aromatic rings. The van der Waals surface area contributed by atoms with Crippen molar-refractivity contribution in [2.24, 2.45) is 0 Å². The van der Waals surface area contributed by atoms with E-state index in [2.05, 4.69) is 55.1 Å². The molecule has 4 aromatic carbocycles. The second-order valence-corrected chi connectivity index (χ2v) is 7.00. The molecule has 1 aliphatic heterocycles. The maximum Gasteiger partial charge on any atom is 0.334 e. The van der Waals surface area contributed by atoms with E-state index in [0.717, 1.165) is 27.3 Å². The first-order chi connectivity index (χ1) is 13.2. The normalized spacial score (nSPS) is 19.6. The zero-order chi connectivity index (χ0) is 18.4. The summed E-state index contributed by atoms with van der Waals surface area (Å²) in [4.78, 5) is 12.4. The zero-order valence-corrected chi connectivity index (χ0v) is 14.8. The Morgan fingerprint density at radius 1 is 0.741 bits per heavy atom. The fourth-order valence-corrected chi connectivity index (χ4v) is 4.09. The Morgan fingerprint density at radius 3 is 2.30 bits per heavy atom. The zero-order valence-electron chi connectivity index (χ0n) is 14.8.